The summed E-state index contributed by atoms with van der Waals surface area (Å²) in [5, 5.41) is 0. The number of rotatable bonds is 4. The van der Waals surface area contributed by atoms with Crippen molar-refractivity contribution >= 4 is 41.0 Å². The first-order chi connectivity index (χ1) is 15.3. The van der Waals surface area contributed by atoms with Gasteiger partial charge in [-0.15, -0.1) is 0 Å². The summed E-state index contributed by atoms with van der Waals surface area (Å²) in [5.41, 5.74) is 0.639. The molecule has 0 N–H and O–H groups in total. The number of benzene rings is 1. The summed E-state index contributed by atoms with van der Waals surface area (Å²) < 4.78 is 19.7. The SMILES string of the molecule is COC(=O)C1=C(C(=O)OC)C(C(=O)OC)=C2C(C)=Nc3ccccc3N2[C@H](C(=O)OC)C1. The van der Waals surface area contributed by atoms with Gasteiger partial charge in [-0.1, -0.05) is 12.1 Å². The van der Waals surface area contributed by atoms with Crippen LogP contribution in [0.15, 0.2) is 51.7 Å². The molecule has 0 unspecified atom stereocenters. The van der Waals surface area contributed by atoms with Gasteiger partial charge in [0, 0.05) is 6.42 Å². The highest BCUT2D eigenvalue weighted by atomic mass is 16.5. The number of hydrogen-bond donors (Lipinski definition) is 0. The van der Waals surface area contributed by atoms with E-state index in [1.54, 1.807) is 31.2 Å². The van der Waals surface area contributed by atoms with Gasteiger partial charge < -0.3 is 23.8 Å². The number of anilines is 1. The number of fused-ring (bicyclic) bond motifs is 3. The zero-order valence-electron chi connectivity index (χ0n) is 18.3. The molecule has 2 aliphatic heterocycles. The predicted molar refractivity (Wildman–Crippen MR) is 112 cm³/mol. The van der Waals surface area contributed by atoms with E-state index >= 15 is 0 Å². The Kier molecular flexibility index (Phi) is 6.42. The Hall–Kier alpha value is -3.95. The Morgan fingerprint density at radius 2 is 1.47 bits per heavy atom. The summed E-state index contributed by atoms with van der Waals surface area (Å²) in [7, 11) is 4.58. The van der Waals surface area contributed by atoms with Gasteiger partial charge in [-0.05, 0) is 19.1 Å². The van der Waals surface area contributed by atoms with Crippen molar-refractivity contribution in [3.63, 3.8) is 0 Å². The fourth-order valence-electron chi connectivity index (χ4n) is 3.83. The highest BCUT2D eigenvalue weighted by molar-refractivity contribution is 6.20. The molecule has 2 heterocycles. The Morgan fingerprint density at radius 3 is 2.06 bits per heavy atom. The highest BCUT2D eigenvalue weighted by Crippen LogP contribution is 2.43. The van der Waals surface area contributed by atoms with Crippen molar-refractivity contribution in [3.05, 3.63) is 46.7 Å². The van der Waals surface area contributed by atoms with E-state index in [4.69, 9.17) is 18.9 Å². The minimum absolute atomic E-state index is 0.130. The van der Waals surface area contributed by atoms with Crippen LogP contribution in [-0.4, -0.2) is 64.1 Å². The van der Waals surface area contributed by atoms with Gasteiger partial charge in [0.25, 0.3) is 0 Å². The van der Waals surface area contributed by atoms with Crippen LogP contribution in [0.3, 0.4) is 0 Å². The summed E-state index contributed by atoms with van der Waals surface area (Å²) in [4.78, 5) is 57.6. The second-order valence-corrected chi connectivity index (χ2v) is 6.85. The molecule has 0 radical (unpaired) electrons. The molecule has 0 fully saturated rings. The number of carbonyl (C=O) groups excluding carboxylic acids is 4. The topological polar surface area (TPSA) is 121 Å². The molecule has 10 nitrogen and oxygen atoms in total. The van der Waals surface area contributed by atoms with E-state index in [1.807, 2.05) is 0 Å². The van der Waals surface area contributed by atoms with Gasteiger partial charge >= 0.3 is 23.9 Å². The number of allylic oxidation sites excluding steroid dienone is 1. The normalized spacial score (nSPS) is 17.5. The van der Waals surface area contributed by atoms with Crippen LogP contribution < -0.4 is 4.90 Å². The molecule has 0 aromatic heterocycles. The van der Waals surface area contributed by atoms with Crippen LogP contribution in [0, 0.1) is 0 Å². The highest BCUT2D eigenvalue weighted by Gasteiger charge is 2.45. The van der Waals surface area contributed by atoms with Gasteiger partial charge in [0.1, 0.15) is 11.6 Å². The minimum Gasteiger partial charge on any atom is -0.467 e. The van der Waals surface area contributed by atoms with Gasteiger partial charge in [-0.25, -0.2) is 24.2 Å². The lowest BCUT2D eigenvalue weighted by Crippen LogP contribution is -2.45. The summed E-state index contributed by atoms with van der Waals surface area (Å²) in [6, 6.07) is 5.84. The third-order valence-electron chi connectivity index (χ3n) is 5.19. The summed E-state index contributed by atoms with van der Waals surface area (Å²) in [6.45, 7) is 1.62. The molecule has 0 saturated heterocycles. The largest absolute Gasteiger partial charge is 0.467 e. The van der Waals surface area contributed by atoms with Crippen molar-refractivity contribution in [1.29, 1.82) is 0 Å². The zero-order valence-corrected chi connectivity index (χ0v) is 18.3. The first-order valence-electron chi connectivity index (χ1n) is 9.55. The van der Waals surface area contributed by atoms with Crippen molar-refractivity contribution in [3.8, 4) is 0 Å². The first kappa shape index (κ1) is 22.7. The van der Waals surface area contributed by atoms with Crippen molar-refractivity contribution < 1.29 is 38.1 Å². The number of ether oxygens (including phenoxy) is 4. The first-order valence-corrected chi connectivity index (χ1v) is 9.55. The van der Waals surface area contributed by atoms with E-state index in [0.717, 1.165) is 21.3 Å². The number of methoxy groups -OCH3 is 4. The average Bonchev–Trinajstić information content (AvgIpc) is 2.97. The van der Waals surface area contributed by atoms with Crippen LogP contribution in [0.4, 0.5) is 11.4 Å². The zero-order chi connectivity index (χ0) is 23.6. The molecule has 0 aliphatic carbocycles. The maximum Gasteiger partial charge on any atom is 0.340 e. The lowest BCUT2D eigenvalue weighted by molar-refractivity contribution is -0.142. The van der Waals surface area contributed by atoms with Crippen LogP contribution >= 0.6 is 0 Å². The molecule has 0 saturated carbocycles. The molecular formula is C22H22N2O8. The van der Waals surface area contributed by atoms with Gasteiger partial charge in [-0.2, -0.15) is 0 Å². The van der Waals surface area contributed by atoms with Gasteiger partial charge in [0.05, 0.1) is 62.4 Å². The average molecular weight is 442 g/mol. The van der Waals surface area contributed by atoms with Crippen molar-refractivity contribution in [2.75, 3.05) is 33.3 Å². The van der Waals surface area contributed by atoms with E-state index in [0.29, 0.717) is 17.1 Å². The van der Waals surface area contributed by atoms with Gasteiger partial charge in [-0.3, -0.25) is 0 Å². The monoisotopic (exact) mass is 442 g/mol. The molecule has 2 aliphatic rings. The molecule has 1 atom stereocenters. The third-order valence-corrected chi connectivity index (χ3v) is 5.19. The maximum absolute atomic E-state index is 13.0. The molecule has 168 valence electrons. The number of carbonyl (C=O) groups is 4. The summed E-state index contributed by atoms with van der Waals surface area (Å²) in [5.74, 6) is -3.46. The van der Waals surface area contributed by atoms with E-state index in [1.165, 1.54) is 12.0 Å². The smallest absolute Gasteiger partial charge is 0.340 e. The minimum atomic E-state index is -1.11. The molecule has 0 bridgehead atoms. The second-order valence-electron chi connectivity index (χ2n) is 6.85. The van der Waals surface area contributed by atoms with E-state index in [9.17, 15) is 19.2 Å². The van der Waals surface area contributed by atoms with Crippen LogP contribution in [0.25, 0.3) is 0 Å². The Balaban J connectivity index is 2.51. The molecule has 32 heavy (non-hydrogen) atoms. The maximum atomic E-state index is 13.0. The molecule has 1 aromatic rings. The molecule has 3 rings (SSSR count). The number of nitrogens with zero attached hydrogens (tertiary/aromatic N) is 2. The van der Waals surface area contributed by atoms with Crippen molar-refractivity contribution in [2.45, 2.75) is 19.4 Å². The van der Waals surface area contributed by atoms with Crippen LogP contribution in [-0.2, 0) is 38.1 Å². The van der Waals surface area contributed by atoms with Gasteiger partial charge in [0.2, 0.25) is 0 Å². The molecule has 0 amide bonds. The van der Waals surface area contributed by atoms with E-state index < -0.39 is 29.9 Å². The second kappa shape index (κ2) is 9.04. The number of aliphatic imine (C=N–C) groups is 1. The summed E-state index contributed by atoms with van der Waals surface area (Å²) in [6.07, 6.45) is -0.296. The predicted octanol–water partition coefficient (Wildman–Crippen LogP) is 1.61. The molecular weight excluding hydrogens is 420 g/mol. The third kappa shape index (κ3) is 3.64. The van der Waals surface area contributed by atoms with Crippen molar-refractivity contribution in [1.82, 2.24) is 0 Å². The Morgan fingerprint density at radius 1 is 0.875 bits per heavy atom. The number of esters is 4. The molecule has 0 spiro atoms. The lowest BCUT2D eigenvalue weighted by Gasteiger charge is -2.36. The summed E-state index contributed by atoms with van der Waals surface area (Å²) >= 11 is 0. The Labute approximate surface area is 184 Å². The van der Waals surface area contributed by atoms with Crippen LogP contribution in [0.1, 0.15) is 13.3 Å². The molecule has 1 aromatic carbocycles. The van der Waals surface area contributed by atoms with Crippen molar-refractivity contribution in [2.24, 2.45) is 4.99 Å². The quantitative estimate of drug-likeness (QED) is 0.506. The van der Waals surface area contributed by atoms with Gasteiger partial charge in [0.15, 0.2) is 0 Å². The van der Waals surface area contributed by atoms with E-state index in [-0.39, 0.29) is 28.8 Å². The number of para-hydroxylation sites is 2. The Bertz CT molecular complexity index is 1100. The van der Waals surface area contributed by atoms with Crippen LogP contribution in [0.2, 0.25) is 0 Å². The standard InChI is InChI=1S/C22H22N2O8/c1-11-18-17(22(28)32-5)16(21(27)31-4)12(19(25)29-2)10-15(20(26)30-3)24(18)14-9-7-6-8-13(14)23-11/h6-9,15H,10H2,1-5H3/t15-/m0/s1. The van der Waals surface area contributed by atoms with E-state index in [2.05, 4.69) is 4.99 Å². The molecule has 10 heteroatoms. The fraction of sp³-hybridized carbons (Fsp3) is 0.318. The number of hydrogen-bond acceptors (Lipinski definition) is 10. The lowest BCUT2D eigenvalue weighted by atomic mass is 9.95. The van der Waals surface area contributed by atoms with Crippen LogP contribution in [0.5, 0.6) is 0 Å². The fourth-order valence-corrected chi connectivity index (χ4v) is 3.83.